The largest absolute Gasteiger partial charge is 0.493 e. The molecule has 0 amide bonds. The number of carbonyl (C=O) groups is 1. The van der Waals surface area contributed by atoms with Gasteiger partial charge in [-0.1, -0.05) is 6.07 Å². The van der Waals surface area contributed by atoms with Crippen LogP contribution in [0.4, 0.5) is 0 Å². The van der Waals surface area contributed by atoms with Crippen LogP contribution in [-0.2, 0) is 25.8 Å². The number of benzene rings is 2. The topological polar surface area (TPSA) is 92.0 Å². The van der Waals surface area contributed by atoms with Gasteiger partial charge in [0.05, 0.1) is 21.3 Å². The molecular formula is C21H22O7S. The Bertz CT molecular complexity index is 1160. The van der Waals surface area contributed by atoms with Crippen LogP contribution in [0.3, 0.4) is 0 Å². The predicted octanol–water partition coefficient (Wildman–Crippen LogP) is 3.63. The van der Waals surface area contributed by atoms with Crippen LogP contribution in [0, 0.1) is 0 Å². The van der Waals surface area contributed by atoms with Crippen LogP contribution in [0.15, 0.2) is 45.7 Å². The Morgan fingerprint density at radius 2 is 1.72 bits per heavy atom. The number of ether oxygens (including phenoxy) is 3. The summed E-state index contributed by atoms with van der Waals surface area (Å²) in [5.74, 6) is 0.891. The summed E-state index contributed by atoms with van der Waals surface area (Å²) in [7, 11) is 0.751. The fraction of sp³-hybridized carbons (Fsp3) is 0.286. The number of rotatable bonds is 7. The van der Waals surface area contributed by atoms with Gasteiger partial charge in [-0.3, -0.25) is 4.79 Å². The summed E-state index contributed by atoms with van der Waals surface area (Å²) in [6.07, 6.45) is 1.78. The third-order valence-electron chi connectivity index (χ3n) is 4.57. The van der Waals surface area contributed by atoms with Crippen LogP contribution in [0.25, 0.3) is 22.3 Å². The SMILES string of the molecule is COC(=O)CCc1ccc2oc(-c3ccc(OC)c(OC)c3)c(S(C)(=O)=O)c2c1. The number of aryl methyl sites for hydroxylation is 1. The van der Waals surface area contributed by atoms with Gasteiger partial charge >= 0.3 is 5.97 Å². The summed E-state index contributed by atoms with van der Waals surface area (Å²) in [5.41, 5.74) is 1.81. The minimum atomic E-state index is -3.61. The molecule has 1 aromatic heterocycles. The van der Waals surface area contributed by atoms with Crippen molar-refractivity contribution in [2.45, 2.75) is 17.7 Å². The van der Waals surface area contributed by atoms with Gasteiger partial charge in [0.2, 0.25) is 0 Å². The van der Waals surface area contributed by atoms with E-state index in [1.54, 1.807) is 36.4 Å². The highest BCUT2D eigenvalue weighted by Gasteiger charge is 2.25. The Balaban J connectivity index is 2.16. The number of hydrogen-bond donors (Lipinski definition) is 0. The van der Waals surface area contributed by atoms with E-state index in [4.69, 9.17) is 13.9 Å². The third-order valence-corrected chi connectivity index (χ3v) is 5.72. The molecule has 2 aromatic carbocycles. The molecule has 0 N–H and O–H groups in total. The van der Waals surface area contributed by atoms with Gasteiger partial charge in [-0.25, -0.2) is 8.42 Å². The van der Waals surface area contributed by atoms with Crippen LogP contribution >= 0.6 is 0 Å². The maximum absolute atomic E-state index is 12.6. The molecule has 0 fully saturated rings. The molecule has 1 heterocycles. The molecule has 0 aliphatic heterocycles. The molecule has 0 radical (unpaired) electrons. The van der Waals surface area contributed by atoms with Crippen molar-refractivity contribution in [3.8, 4) is 22.8 Å². The first-order valence-corrected chi connectivity index (χ1v) is 10.7. The van der Waals surface area contributed by atoms with Gasteiger partial charge in [-0.2, -0.15) is 0 Å². The van der Waals surface area contributed by atoms with Gasteiger partial charge in [0.1, 0.15) is 10.5 Å². The smallest absolute Gasteiger partial charge is 0.305 e. The Morgan fingerprint density at radius 1 is 1.00 bits per heavy atom. The van der Waals surface area contributed by atoms with E-state index in [0.29, 0.717) is 34.5 Å². The van der Waals surface area contributed by atoms with Crippen molar-refractivity contribution in [1.82, 2.24) is 0 Å². The number of esters is 1. The number of fused-ring (bicyclic) bond motifs is 1. The molecule has 0 spiro atoms. The second-order valence-electron chi connectivity index (χ2n) is 6.51. The van der Waals surface area contributed by atoms with E-state index < -0.39 is 9.84 Å². The van der Waals surface area contributed by atoms with Crippen LogP contribution < -0.4 is 9.47 Å². The molecule has 0 saturated carbocycles. The molecule has 0 atom stereocenters. The molecular weight excluding hydrogens is 396 g/mol. The van der Waals surface area contributed by atoms with Crippen molar-refractivity contribution >= 4 is 26.8 Å². The normalized spacial score (nSPS) is 11.4. The number of furan rings is 1. The molecule has 3 aromatic rings. The zero-order chi connectivity index (χ0) is 21.2. The summed E-state index contributed by atoms with van der Waals surface area (Å²) in [6.45, 7) is 0. The first-order valence-electron chi connectivity index (χ1n) is 8.83. The summed E-state index contributed by atoms with van der Waals surface area (Å²) in [6, 6.07) is 10.3. The lowest BCUT2D eigenvalue weighted by Gasteiger charge is -2.09. The lowest BCUT2D eigenvalue weighted by atomic mass is 10.1. The number of sulfone groups is 1. The van der Waals surface area contributed by atoms with E-state index in [1.807, 2.05) is 0 Å². The van der Waals surface area contributed by atoms with E-state index in [1.165, 1.54) is 21.3 Å². The van der Waals surface area contributed by atoms with Crippen molar-refractivity contribution in [3.05, 3.63) is 42.0 Å². The van der Waals surface area contributed by atoms with Crippen molar-refractivity contribution in [3.63, 3.8) is 0 Å². The van der Waals surface area contributed by atoms with Crippen LogP contribution in [-0.4, -0.2) is 42.0 Å². The quantitative estimate of drug-likeness (QED) is 0.541. The molecule has 0 aliphatic rings. The Morgan fingerprint density at radius 3 is 2.34 bits per heavy atom. The van der Waals surface area contributed by atoms with Crippen LogP contribution in [0.5, 0.6) is 11.5 Å². The zero-order valence-electron chi connectivity index (χ0n) is 16.6. The lowest BCUT2D eigenvalue weighted by Crippen LogP contribution is -2.02. The number of hydrogen-bond acceptors (Lipinski definition) is 7. The standard InChI is InChI=1S/C21H22O7S/c1-25-17-9-7-14(12-18(17)26-2)20-21(29(4,23)24)15-11-13(5-8-16(15)28-20)6-10-19(22)27-3/h5,7-9,11-12H,6,10H2,1-4H3. The van der Waals surface area contributed by atoms with Crippen molar-refractivity contribution in [2.75, 3.05) is 27.6 Å². The van der Waals surface area contributed by atoms with Gasteiger partial charge < -0.3 is 18.6 Å². The molecule has 7 nitrogen and oxygen atoms in total. The van der Waals surface area contributed by atoms with Gasteiger partial charge in [0.15, 0.2) is 27.1 Å². The first kappa shape index (κ1) is 20.7. The average molecular weight is 418 g/mol. The van der Waals surface area contributed by atoms with Crippen LogP contribution in [0.1, 0.15) is 12.0 Å². The summed E-state index contributed by atoms with van der Waals surface area (Å²) in [4.78, 5) is 11.5. The molecule has 0 aliphatic carbocycles. The average Bonchev–Trinajstić information content (AvgIpc) is 3.10. The fourth-order valence-corrected chi connectivity index (χ4v) is 4.22. The van der Waals surface area contributed by atoms with E-state index in [9.17, 15) is 13.2 Å². The van der Waals surface area contributed by atoms with Gasteiger partial charge in [0.25, 0.3) is 0 Å². The van der Waals surface area contributed by atoms with Crippen LogP contribution in [0.2, 0.25) is 0 Å². The molecule has 154 valence electrons. The second-order valence-corrected chi connectivity index (χ2v) is 8.46. The first-order chi connectivity index (χ1) is 13.8. The van der Waals surface area contributed by atoms with Crippen molar-refractivity contribution < 1.29 is 31.8 Å². The van der Waals surface area contributed by atoms with E-state index in [0.717, 1.165) is 11.8 Å². The van der Waals surface area contributed by atoms with Crippen molar-refractivity contribution in [2.24, 2.45) is 0 Å². The monoisotopic (exact) mass is 418 g/mol. The Hall–Kier alpha value is -3.00. The summed E-state index contributed by atoms with van der Waals surface area (Å²) in [5, 5.41) is 0.472. The highest BCUT2D eigenvalue weighted by atomic mass is 32.2. The minimum Gasteiger partial charge on any atom is -0.493 e. The molecule has 3 rings (SSSR count). The van der Waals surface area contributed by atoms with Crippen molar-refractivity contribution in [1.29, 1.82) is 0 Å². The molecule has 0 unspecified atom stereocenters. The minimum absolute atomic E-state index is 0.0969. The number of methoxy groups -OCH3 is 3. The Kier molecular flexibility index (Phi) is 5.83. The highest BCUT2D eigenvalue weighted by Crippen LogP contribution is 2.40. The van der Waals surface area contributed by atoms with E-state index in [-0.39, 0.29) is 23.0 Å². The fourth-order valence-electron chi connectivity index (χ4n) is 3.16. The number of carbonyl (C=O) groups excluding carboxylic acids is 1. The second kappa shape index (κ2) is 8.16. The summed E-state index contributed by atoms with van der Waals surface area (Å²) < 4.78 is 46.4. The Labute approximate surface area is 169 Å². The maximum atomic E-state index is 12.6. The third kappa shape index (κ3) is 4.22. The molecule has 8 heteroatoms. The lowest BCUT2D eigenvalue weighted by molar-refractivity contribution is -0.140. The maximum Gasteiger partial charge on any atom is 0.305 e. The van der Waals surface area contributed by atoms with Gasteiger partial charge in [-0.15, -0.1) is 0 Å². The van der Waals surface area contributed by atoms with Gasteiger partial charge in [0, 0.05) is 23.6 Å². The molecule has 0 bridgehead atoms. The molecule has 29 heavy (non-hydrogen) atoms. The molecule has 0 saturated heterocycles. The zero-order valence-corrected chi connectivity index (χ0v) is 17.5. The van der Waals surface area contributed by atoms with Gasteiger partial charge in [-0.05, 0) is 42.3 Å². The van der Waals surface area contributed by atoms with E-state index in [2.05, 4.69) is 4.74 Å². The summed E-state index contributed by atoms with van der Waals surface area (Å²) >= 11 is 0. The highest BCUT2D eigenvalue weighted by molar-refractivity contribution is 7.91. The predicted molar refractivity (Wildman–Crippen MR) is 108 cm³/mol. The van der Waals surface area contributed by atoms with E-state index >= 15 is 0 Å².